The zero-order valence-electron chi connectivity index (χ0n) is 13.5. The molecular weight excluding hydrogens is 336 g/mol. The smallest absolute Gasteiger partial charge is 0.243 e. The van der Waals surface area contributed by atoms with Gasteiger partial charge >= 0.3 is 0 Å². The minimum Gasteiger partial charge on any atom is -0.508 e. The zero-order chi connectivity index (χ0) is 17.4. The molecule has 0 saturated carbocycles. The summed E-state index contributed by atoms with van der Waals surface area (Å²) in [6.45, 7) is 0.914. The molecule has 0 amide bonds. The number of hydrogen-bond acceptors (Lipinski definition) is 4. The van der Waals surface area contributed by atoms with Gasteiger partial charge in [0, 0.05) is 30.9 Å². The normalized spacial score (nSPS) is 18.6. The molecule has 1 N–H and O–H groups in total. The van der Waals surface area contributed by atoms with Crippen LogP contribution in [0.25, 0.3) is 10.8 Å². The largest absolute Gasteiger partial charge is 0.508 e. The monoisotopic (exact) mass is 354 g/mol. The summed E-state index contributed by atoms with van der Waals surface area (Å²) in [6.07, 6.45) is 4.13. The maximum atomic E-state index is 13.0. The summed E-state index contributed by atoms with van der Waals surface area (Å²) < 4.78 is 27.5. The van der Waals surface area contributed by atoms with Gasteiger partial charge in [-0.25, -0.2) is 8.42 Å². The van der Waals surface area contributed by atoms with Crippen LogP contribution in [0.3, 0.4) is 0 Å². The van der Waals surface area contributed by atoms with Crippen molar-refractivity contribution in [3.63, 3.8) is 0 Å². The second-order valence-electron chi connectivity index (χ2n) is 6.33. The van der Waals surface area contributed by atoms with Crippen LogP contribution in [0, 0.1) is 0 Å². The average molecular weight is 354 g/mol. The average Bonchev–Trinajstić information content (AvgIpc) is 3.12. The molecule has 5 nitrogen and oxygen atoms in total. The number of hydrogen-bond donors (Lipinski definition) is 1. The number of sulfonamides is 1. The van der Waals surface area contributed by atoms with Crippen LogP contribution in [-0.4, -0.2) is 35.9 Å². The van der Waals surface area contributed by atoms with Gasteiger partial charge in [0.2, 0.25) is 10.0 Å². The second-order valence-corrected chi connectivity index (χ2v) is 8.27. The number of phenols is 1. The summed E-state index contributed by atoms with van der Waals surface area (Å²) in [7, 11) is -3.53. The van der Waals surface area contributed by atoms with Crippen molar-refractivity contribution in [2.24, 2.45) is 0 Å². The lowest BCUT2D eigenvalue weighted by atomic mass is 9.98. The van der Waals surface area contributed by atoms with E-state index in [2.05, 4.69) is 4.98 Å². The molecule has 1 atom stereocenters. The SMILES string of the molecule is O=S(=O)(c1ccc2cnccc2c1)N1CCC(c2cccc(O)c2)C1. The van der Waals surface area contributed by atoms with E-state index in [4.69, 9.17) is 0 Å². The van der Waals surface area contributed by atoms with Crippen molar-refractivity contribution in [2.45, 2.75) is 17.2 Å². The number of pyridine rings is 1. The first-order valence-corrected chi connectivity index (χ1v) is 9.61. The zero-order valence-corrected chi connectivity index (χ0v) is 14.4. The Balaban J connectivity index is 1.62. The minimum atomic E-state index is -3.53. The van der Waals surface area contributed by atoms with Crippen molar-refractivity contribution in [2.75, 3.05) is 13.1 Å². The second kappa shape index (κ2) is 6.13. The van der Waals surface area contributed by atoms with Gasteiger partial charge in [0.1, 0.15) is 5.75 Å². The minimum absolute atomic E-state index is 0.103. The Labute approximate surface area is 146 Å². The molecular formula is C19H18N2O3S. The van der Waals surface area contributed by atoms with Gasteiger partial charge in [-0.1, -0.05) is 18.2 Å². The van der Waals surface area contributed by atoms with Gasteiger partial charge in [-0.3, -0.25) is 4.98 Å². The van der Waals surface area contributed by atoms with Gasteiger partial charge in [0.15, 0.2) is 0 Å². The highest BCUT2D eigenvalue weighted by atomic mass is 32.2. The Morgan fingerprint density at radius 1 is 1.08 bits per heavy atom. The van der Waals surface area contributed by atoms with Crippen molar-refractivity contribution in [1.29, 1.82) is 0 Å². The molecule has 6 heteroatoms. The van der Waals surface area contributed by atoms with E-state index >= 15 is 0 Å². The van der Waals surface area contributed by atoms with E-state index in [-0.39, 0.29) is 11.7 Å². The van der Waals surface area contributed by atoms with Crippen molar-refractivity contribution in [1.82, 2.24) is 9.29 Å². The number of aromatic hydroxyl groups is 1. The summed E-state index contributed by atoms with van der Waals surface area (Å²) in [5.41, 5.74) is 0.974. The Bertz CT molecular complexity index is 1030. The molecule has 0 bridgehead atoms. The van der Waals surface area contributed by atoms with Gasteiger partial charge in [-0.15, -0.1) is 0 Å². The van der Waals surface area contributed by atoms with E-state index in [0.717, 1.165) is 22.8 Å². The fourth-order valence-electron chi connectivity index (χ4n) is 3.37. The lowest BCUT2D eigenvalue weighted by Gasteiger charge is -2.17. The summed E-state index contributed by atoms with van der Waals surface area (Å²) in [6, 6.07) is 14.0. The standard InChI is InChI=1S/C19H18N2O3S/c22-18-3-1-2-14(10-18)17-7-9-21(13-17)25(23,24)19-5-4-16-12-20-8-6-15(16)11-19/h1-6,8,10-12,17,22H,7,9,13H2. The molecule has 128 valence electrons. The highest BCUT2D eigenvalue weighted by molar-refractivity contribution is 7.89. The van der Waals surface area contributed by atoms with Crippen molar-refractivity contribution >= 4 is 20.8 Å². The van der Waals surface area contributed by atoms with Crippen LogP contribution >= 0.6 is 0 Å². The molecule has 3 aromatic rings. The lowest BCUT2D eigenvalue weighted by molar-refractivity contribution is 0.469. The Morgan fingerprint density at radius 2 is 1.96 bits per heavy atom. The van der Waals surface area contributed by atoms with E-state index < -0.39 is 10.0 Å². The van der Waals surface area contributed by atoms with E-state index in [1.165, 1.54) is 4.31 Å². The van der Waals surface area contributed by atoms with E-state index in [1.807, 2.05) is 12.1 Å². The van der Waals surface area contributed by atoms with Crippen molar-refractivity contribution in [3.8, 4) is 5.75 Å². The quantitative estimate of drug-likeness (QED) is 0.784. The first kappa shape index (κ1) is 16.1. The highest BCUT2D eigenvalue weighted by Gasteiger charge is 2.33. The third kappa shape index (κ3) is 2.99. The number of fused-ring (bicyclic) bond motifs is 1. The van der Waals surface area contributed by atoms with Crippen LogP contribution in [0.4, 0.5) is 0 Å². The maximum absolute atomic E-state index is 13.0. The molecule has 0 aliphatic carbocycles. The topological polar surface area (TPSA) is 70.5 Å². The lowest BCUT2D eigenvalue weighted by Crippen LogP contribution is -2.28. The first-order valence-electron chi connectivity index (χ1n) is 8.17. The van der Waals surface area contributed by atoms with Gasteiger partial charge < -0.3 is 5.11 Å². The van der Waals surface area contributed by atoms with E-state index in [0.29, 0.717) is 18.0 Å². The summed E-state index contributed by atoms with van der Waals surface area (Å²) in [5, 5.41) is 11.4. The first-order chi connectivity index (χ1) is 12.0. The maximum Gasteiger partial charge on any atom is 0.243 e. The number of benzene rings is 2. The van der Waals surface area contributed by atoms with Gasteiger partial charge in [0.25, 0.3) is 0 Å². The van der Waals surface area contributed by atoms with Crippen LogP contribution in [0.2, 0.25) is 0 Å². The third-order valence-corrected chi connectivity index (χ3v) is 6.60. The fraction of sp³-hybridized carbons (Fsp3) is 0.211. The molecule has 4 rings (SSSR count). The van der Waals surface area contributed by atoms with Gasteiger partial charge in [0.05, 0.1) is 4.90 Å². The molecule has 1 aliphatic heterocycles. The molecule has 0 radical (unpaired) electrons. The van der Waals surface area contributed by atoms with Crippen molar-refractivity contribution < 1.29 is 13.5 Å². The molecule has 0 spiro atoms. The Morgan fingerprint density at radius 3 is 2.80 bits per heavy atom. The molecule has 1 fully saturated rings. The summed E-state index contributed by atoms with van der Waals surface area (Å²) >= 11 is 0. The number of phenolic OH excluding ortho intramolecular Hbond substituents is 1. The van der Waals surface area contributed by atoms with Crippen LogP contribution in [-0.2, 0) is 10.0 Å². The third-order valence-electron chi connectivity index (χ3n) is 4.74. The molecule has 1 aliphatic rings. The predicted molar refractivity (Wildman–Crippen MR) is 96.0 cm³/mol. The fourth-order valence-corrected chi connectivity index (χ4v) is 4.90. The molecule has 1 saturated heterocycles. The van der Waals surface area contributed by atoms with E-state index in [9.17, 15) is 13.5 Å². The van der Waals surface area contributed by atoms with Crippen LogP contribution < -0.4 is 0 Å². The van der Waals surface area contributed by atoms with Gasteiger partial charge in [-0.2, -0.15) is 4.31 Å². The molecule has 1 unspecified atom stereocenters. The number of rotatable bonds is 3. The van der Waals surface area contributed by atoms with Crippen molar-refractivity contribution in [3.05, 3.63) is 66.5 Å². The number of nitrogens with zero attached hydrogens (tertiary/aromatic N) is 2. The highest BCUT2D eigenvalue weighted by Crippen LogP contribution is 2.32. The Hall–Kier alpha value is -2.44. The summed E-state index contributed by atoms with van der Waals surface area (Å²) in [4.78, 5) is 4.36. The molecule has 25 heavy (non-hydrogen) atoms. The molecule has 2 aromatic carbocycles. The molecule has 1 aromatic heterocycles. The number of aromatic nitrogens is 1. The predicted octanol–water partition coefficient (Wildman–Crippen LogP) is 3.12. The van der Waals surface area contributed by atoms with E-state index in [1.54, 1.807) is 48.8 Å². The van der Waals surface area contributed by atoms with Crippen LogP contribution in [0.15, 0.2) is 65.8 Å². The Kier molecular flexibility index (Phi) is 3.94. The summed E-state index contributed by atoms with van der Waals surface area (Å²) in [5.74, 6) is 0.313. The van der Waals surface area contributed by atoms with Crippen LogP contribution in [0.1, 0.15) is 17.9 Å². The molecule has 2 heterocycles. The van der Waals surface area contributed by atoms with Gasteiger partial charge in [-0.05, 0) is 53.6 Å². The van der Waals surface area contributed by atoms with Crippen LogP contribution in [0.5, 0.6) is 5.75 Å².